The van der Waals surface area contributed by atoms with E-state index in [1.54, 1.807) is 6.08 Å². The van der Waals surface area contributed by atoms with Crippen LogP contribution < -0.4 is 29.6 Å². The van der Waals surface area contributed by atoms with Crippen LogP contribution in [0.5, 0.6) is 0 Å². The van der Waals surface area contributed by atoms with Crippen molar-refractivity contribution in [2.75, 3.05) is 0 Å². The Balaban J connectivity index is 0.00000342. The van der Waals surface area contributed by atoms with Gasteiger partial charge in [0.1, 0.15) is 0 Å². The molecular weight excluding hydrogens is 475 g/mol. The largest absolute Gasteiger partial charge is 1.00 e. The maximum Gasteiger partial charge on any atom is 1.00 e. The predicted octanol–water partition coefficient (Wildman–Crippen LogP) is 1.95. The van der Waals surface area contributed by atoms with Crippen LogP contribution >= 0.6 is 0 Å². The number of ketones is 1. The van der Waals surface area contributed by atoms with Gasteiger partial charge in [-0.25, -0.2) is 8.42 Å². The van der Waals surface area contributed by atoms with Crippen molar-refractivity contribution >= 4 is 16.2 Å². The molecule has 0 saturated heterocycles. The summed E-state index contributed by atoms with van der Waals surface area (Å²) in [6.07, 6.45) is 9.15. The molecule has 0 aromatic carbocycles. The summed E-state index contributed by atoms with van der Waals surface area (Å²) in [7, 11) is -4.75. The molecular formula is C27H41NaO6S. The van der Waals surface area contributed by atoms with Crippen molar-refractivity contribution < 1.29 is 56.6 Å². The maximum atomic E-state index is 12.5. The zero-order chi connectivity index (χ0) is 25.1. The van der Waals surface area contributed by atoms with Crippen molar-refractivity contribution in [1.82, 2.24) is 0 Å². The predicted molar refractivity (Wildman–Crippen MR) is 129 cm³/mol. The molecule has 35 heavy (non-hydrogen) atoms. The number of aliphatic hydroxyl groups is 1. The average molecular weight is 517 g/mol. The molecule has 192 valence electrons. The number of allylic oxidation sites excluding steroid dienone is 4. The first-order valence-corrected chi connectivity index (χ1v) is 14.3. The molecule has 4 rings (SSSR count). The van der Waals surface area contributed by atoms with Crippen molar-refractivity contribution in [3.63, 3.8) is 0 Å². The fourth-order valence-corrected chi connectivity index (χ4v) is 9.11. The zero-order valence-corrected chi connectivity index (χ0v) is 25.1. The molecule has 3 saturated carbocycles. The molecule has 1 N–H and O–H groups in total. The van der Waals surface area contributed by atoms with E-state index in [0.717, 1.165) is 31.3 Å². The van der Waals surface area contributed by atoms with Gasteiger partial charge in [-0.2, -0.15) is 0 Å². The van der Waals surface area contributed by atoms with Crippen LogP contribution in [0, 0.1) is 40.4 Å². The molecule has 9 atom stereocenters. The Morgan fingerprint density at radius 1 is 1.23 bits per heavy atom. The number of aliphatic hydroxyl groups excluding tert-OH is 1. The van der Waals surface area contributed by atoms with E-state index < -0.39 is 22.6 Å². The van der Waals surface area contributed by atoms with Crippen molar-refractivity contribution in [1.29, 1.82) is 0 Å². The van der Waals surface area contributed by atoms with Crippen LogP contribution in [0.4, 0.5) is 0 Å². The number of carbonyl (C=O) groups excluding carboxylic acids is 1. The second-order valence-electron chi connectivity index (χ2n) is 12.4. The quantitative estimate of drug-likeness (QED) is 0.190. The third-order valence-electron chi connectivity index (χ3n) is 9.98. The number of fused-ring (bicyclic) bond motifs is 5. The van der Waals surface area contributed by atoms with Gasteiger partial charge < -0.3 is 9.66 Å². The van der Waals surface area contributed by atoms with E-state index in [1.165, 1.54) is 5.57 Å². The third kappa shape index (κ3) is 5.71. The topological polar surface area (TPSA) is 104 Å². The van der Waals surface area contributed by atoms with Crippen LogP contribution in [0.15, 0.2) is 23.3 Å². The van der Waals surface area contributed by atoms with Crippen LogP contribution in [0.2, 0.25) is 0 Å². The monoisotopic (exact) mass is 516 g/mol. The SMILES string of the molecule is CC(C)=CC(=O)CC(C)[C@H]1CCC2C3C[C@H](O)C4C[C@@H](OS(=O)(=O)[O-])CC[C@]4(C)C3=CC[C@@]21C.[Na+]. The Hall–Kier alpha value is -0.0200. The molecule has 4 aliphatic rings. The van der Waals surface area contributed by atoms with E-state index in [9.17, 15) is 22.9 Å². The number of hydrogen-bond donors (Lipinski definition) is 1. The third-order valence-corrected chi connectivity index (χ3v) is 10.5. The van der Waals surface area contributed by atoms with Gasteiger partial charge in [-0.05, 0) is 105 Å². The van der Waals surface area contributed by atoms with E-state index in [2.05, 4.69) is 26.8 Å². The normalized spacial score (nSPS) is 41.4. The molecule has 8 heteroatoms. The van der Waals surface area contributed by atoms with Gasteiger partial charge >= 0.3 is 29.6 Å². The molecule has 0 radical (unpaired) electrons. The van der Waals surface area contributed by atoms with Gasteiger partial charge in [-0.3, -0.25) is 8.98 Å². The summed E-state index contributed by atoms with van der Waals surface area (Å²) in [6.45, 7) is 10.8. The summed E-state index contributed by atoms with van der Waals surface area (Å²) in [6, 6.07) is 0. The fourth-order valence-electron chi connectivity index (χ4n) is 8.60. The van der Waals surface area contributed by atoms with E-state index in [4.69, 9.17) is 4.18 Å². The van der Waals surface area contributed by atoms with Gasteiger partial charge in [0.15, 0.2) is 5.78 Å². The molecule has 6 nitrogen and oxygen atoms in total. The molecule has 0 spiro atoms. The summed E-state index contributed by atoms with van der Waals surface area (Å²) >= 11 is 0. The maximum absolute atomic E-state index is 12.5. The molecule has 0 aromatic rings. The first-order valence-electron chi connectivity index (χ1n) is 12.9. The van der Waals surface area contributed by atoms with Gasteiger partial charge in [-0.15, -0.1) is 0 Å². The van der Waals surface area contributed by atoms with Gasteiger partial charge in [-0.1, -0.05) is 38.0 Å². The van der Waals surface area contributed by atoms with Crippen molar-refractivity contribution in [3.8, 4) is 0 Å². The minimum absolute atomic E-state index is 0. The second-order valence-corrected chi connectivity index (χ2v) is 13.4. The first kappa shape index (κ1) is 29.5. The Bertz CT molecular complexity index is 986. The summed E-state index contributed by atoms with van der Waals surface area (Å²) < 4.78 is 38.2. The Labute approximate surface area is 233 Å². The molecule has 0 heterocycles. The Morgan fingerprint density at radius 3 is 2.54 bits per heavy atom. The second kappa shape index (κ2) is 10.6. The smallest absolute Gasteiger partial charge is 0.726 e. The van der Waals surface area contributed by atoms with Crippen molar-refractivity contribution in [3.05, 3.63) is 23.3 Å². The standard InChI is InChI=1S/C27H42O6S.Na/c1-16(2)12-18(28)13-17(3)21-6-7-22-20-15-25(29)24-14-19(33-34(30,31)32)8-10-27(24,5)23(20)9-11-26(21,22)4;/h9,12,17,19-22,24-25,29H,6-8,10-11,13-15H2,1-5H3,(H,30,31,32);/q;+1/p-1/t17?,19-,20?,21+,22?,24?,25-,26+,27+;/m0./s1. The van der Waals surface area contributed by atoms with Gasteiger partial charge in [0, 0.05) is 6.42 Å². The Kier molecular flexibility index (Phi) is 8.97. The minimum atomic E-state index is -4.75. The van der Waals surface area contributed by atoms with E-state index in [1.807, 2.05) is 13.8 Å². The average Bonchev–Trinajstić information content (AvgIpc) is 3.05. The molecule has 4 unspecified atom stereocenters. The van der Waals surface area contributed by atoms with Crippen molar-refractivity contribution in [2.45, 2.75) is 98.2 Å². The minimum Gasteiger partial charge on any atom is -0.726 e. The van der Waals surface area contributed by atoms with E-state index >= 15 is 0 Å². The van der Waals surface area contributed by atoms with Gasteiger partial charge in [0.05, 0.1) is 12.2 Å². The van der Waals surface area contributed by atoms with Crippen LogP contribution in [-0.4, -0.2) is 36.1 Å². The van der Waals surface area contributed by atoms with E-state index in [0.29, 0.717) is 49.4 Å². The van der Waals surface area contributed by atoms with Crippen molar-refractivity contribution in [2.24, 2.45) is 40.4 Å². The molecule has 0 bridgehead atoms. The molecule has 3 fully saturated rings. The van der Waals surface area contributed by atoms with Crippen LogP contribution in [0.3, 0.4) is 0 Å². The summed E-state index contributed by atoms with van der Waals surface area (Å²) in [5.74, 6) is 1.74. The molecule has 0 amide bonds. The fraction of sp³-hybridized carbons (Fsp3) is 0.815. The summed E-state index contributed by atoms with van der Waals surface area (Å²) in [5.41, 5.74) is 2.41. The number of hydrogen-bond acceptors (Lipinski definition) is 6. The van der Waals surface area contributed by atoms with E-state index in [-0.39, 0.29) is 52.1 Å². The number of carbonyl (C=O) groups is 1. The Morgan fingerprint density at radius 2 is 1.91 bits per heavy atom. The molecule has 0 aromatic heterocycles. The zero-order valence-electron chi connectivity index (χ0n) is 22.2. The molecule has 0 aliphatic heterocycles. The molecule has 4 aliphatic carbocycles. The van der Waals surface area contributed by atoms with Crippen LogP contribution in [0.25, 0.3) is 0 Å². The van der Waals surface area contributed by atoms with Gasteiger partial charge in [0.25, 0.3) is 0 Å². The summed E-state index contributed by atoms with van der Waals surface area (Å²) in [5, 5.41) is 11.2. The summed E-state index contributed by atoms with van der Waals surface area (Å²) in [4.78, 5) is 12.5. The number of rotatable bonds is 6. The first-order chi connectivity index (χ1) is 15.7. The van der Waals surface area contributed by atoms with Gasteiger partial charge in [0.2, 0.25) is 10.4 Å². The van der Waals surface area contributed by atoms with Crippen LogP contribution in [-0.2, 0) is 19.4 Å². The van der Waals surface area contributed by atoms with Crippen LogP contribution in [0.1, 0.15) is 86.0 Å².